The molecule has 0 saturated heterocycles. The van der Waals surface area contributed by atoms with Gasteiger partial charge in [-0.05, 0) is 25.2 Å². The Kier molecular flexibility index (Phi) is 2.85. The summed E-state index contributed by atoms with van der Waals surface area (Å²) in [5.74, 6) is 1.26. The molecule has 1 N–H and O–H groups in total. The van der Waals surface area contributed by atoms with Gasteiger partial charge in [-0.15, -0.1) is 0 Å². The number of aryl methyl sites for hydroxylation is 2. The highest BCUT2D eigenvalue weighted by molar-refractivity contribution is 5.94. The minimum absolute atomic E-state index is 0.323. The Balaban J connectivity index is 2.26. The monoisotopic (exact) mass is 237 g/mol. The molecule has 2 rings (SSSR count). The lowest BCUT2D eigenvalue weighted by Crippen LogP contribution is -2.25. The predicted octanol–water partition coefficient (Wildman–Crippen LogP) is 1.52. The summed E-state index contributed by atoms with van der Waals surface area (Å²) in [5.41, 5.74) is 0.897. The molecule has 1 fully saturated rings. The van der Waals surface area contributed by atoms with E-state index in [9.17, 15) is 9.90 Å². The van der Waals surface area contributed by atoms with Crippen LogP contribution in [-0.4, -0.2) is 34.4 Å². The molecule has 0 aliphatic heterocycles. The molecule has 2 unspecified atom stereocenters. The third-order valence-electron chi connectivity index (χ3n) is 3.55. The molecule has 17 heavy (non-hydrogen) atoms. The maximum absolute atomic E-state index is 11.2. The molecule has 94 valence electrons. The van der Waals surface area contributed by atoms with Gasteiger partial charge in [-0.3, -0.25) is 4.68 Å². The van der Waals surface area contributed by atoms with Crippen molar-refractivity contribution in [3.05, 3.63) is 11.3 Å². The van der Waals surface area contributed by atoms with Gasteiger partial charge in [0, 0.05) is 20.6 Å². The van der Waals surface area contributed by atoms with Crippen molar-refractivity contribution in [1.29, 1.82) is 0 Å². The summed E-state index contributed by atoms with van der Waals surface area (Å²) in [6.07, 6.45) is 1.24. The number of hydrogen-bond acceptors (Lipinski definition) is 3. The fourth-order valence-corrected chi connectivity index (χ4v) is 2.43. The van der Waals surface area contributed by atoms with E-state index in [1.165, 1.54) is 6.42 Å². The van der Waals surface area contributed by atoms with Crippen LogP contribution in [0.1, 0.15) is 29.4 Å². The summed E-state index contributed by atoms with van der Waals surface area (Å²) in [5, 5.41) is 13.4. The van der Waals surface area contributed by atoms with Gasteiger partial charge < -0.3 is 10.0 Å². The zero-order valence-corrected chi connectivity index (χ0v) is 10.8. The van der Waals surface area contributed by atoms with Gasteiger partial charge in [-0.25, -0.2) is 4.79 Å². The van der Waals surface area contributed by atoms with Crippen molar-refractivity contribution in [2.75, 3.05) is 18.5 Å². The lowest BCUT2D eigenvalue weighted by molar-refractivity contribution is 0.0696. The Hall–Kier alpha value is -1.52. The van der Waals surface area contributed by atoms with Crippen LogP contribution in [-0.2, 0) is 7.05 Å². The van der Waals surface area contributed by atoms with Crippen molar-refractivity contribution in [2.24, 2.45) is 18.9 Å². The second-order valence-corrected chi connectivity index (χ2v) is 5.07. The number of carboxylic acid groups (broad SMARTS) is 1. The van der Waals surface area contributed by atoms with Crippen LogP contribution in [0.3, 0.4) is 0 Å². The van der Waals surface area contributed by atoms with Crippen molar-refractivity contribution >= 4 is 11.8 Å². The Morgan fingerprint density at radius 3 is 2.71 bits per heavy atom. The van der Waals surface area contributed by atoms with Gasteiger partial charge in [0.15, 0.2) is 0 Å². The Morgan fingerprint density at radius 1 is 1.65 bits per heavy atom. The molecule has 5 heteroatoms. The van der Waals surface area contributed by atoms with Crippen LogP contribution in [0.25, 0.3) is 0 Å². The molecule has 1 heterocycles. The maximum atomic E-state index is 11.2. The first kappa shape index (κ1) is 12.0. The van der Waals surface area contributed by atoms with E-state index in [1.54, 1.807) is 18.7 Å². The zero-order chi connectivity index (χ0) is 12.7. The molecule has 0 aromatic carbocycles. The minimum atomic E-state index is -0.902. The average molecular weight is 237 g/mol. The molecule has 0 amide bonds. The highest BCUT2D eigenvalue weighted by Gasteiger charge is 2.34. The van der Waals surface area contributed by atoms with Gasteiger partial charge >= 0.3 is 5.97 Å². The number of carbonyl (C=O) groups is 1. The van der Waals surface area contributed by atoms with E-state index in [0.717, 1.165) is 12.5 Å². The molecule has 1 saturated carbocycles. The quantitative estimate of drug-likeness (QED) is 0.862. The summed E-state index contributed by atoms with van der Waals surface area (Å²) in [4.78, 5) is 13.3. The second kappa shape index (κ2) is 4.05. The van der Waals surface area contributed by atoms with Gasteiger partial charge in [-0.2, -0.15) is 5.10 Å². The summed E-state index contributed by atoms with van der Waals surface area (Å²) >= 11 is 0. The van der Waals surface area contributed by atoms with Crippen molar-refractivity contribution < 1.29 is 9.90 Å². The SMILES string of the molecule is Cc1nn(C)c(N(C)CC2CC2C)c1C(=O)O. The lowest BCUT2D eigenvalue weighted by atomic mass is 10.2. The highest BCUT2D eigenvalue weighted by atomic mass is 16.4. The highest BCUT2D eigenvalue weighted by Crippen LogP contribution is 2.39. The van der Waals surface area contributed by atoms with Crippen molar-refractivity contribution in [3.63, 3.8) is 0 Å². The van der Waals surface area contributed by atoms with E-state index in [1.807, 2.05) is 11.9 Å². The van der Waals surface area contributed by atoms with Crippen LogP contribution in [0.2, 0.25) is 0 Å². The van der Waals surface area contributed by atoms with Crippen LogP contribution in [0.15, 0.2) is 0 Å². The number of aromatic nitrogens is 2. The molecule has 0 bridgehead atoms. The van der Waals surface area contributed by atoms with Crippen molar-refractivity contribution in [2.45, 2.75) is 20.3 Å². The minimum Gasteiger partial charge on any atom is -0.477 e. The normalized spacial score (nSPS) is 22.6. The third-order valence-corrected chi connectivity index (χ3v) is 3.55. The average Bonchev–Trinajstić information content (AvgIpc) is 2.78. The Labute approximate surface area is 101 Å². The Bertz CT molecular complexity index is 453. The van der Waals surface area contributed by atoms with E-state index >= 15 is 0 Å². The summed E-state index contributed by atoms with van der Waals surface area (Å²) < 4.78 is 1.66. The maximum Gasteiger partial charge on any atom is 0.341 e. The van der Waals surface area contributed by atoms with Crippen LogP contribution in [0.4, 0.5) is 5.82 Å². The van der Waals surface area contributed by atoms with E-state index < -0.39 is 5.97 Å². The lowest BCUT2D eigenvalue weighted by Gasteiger charge is -2.20. The Morgan fingerprint density at radius 2 is 2.24 bits per heavy atom. The third kappa shape index (κ3) is 2.14. The number of hydrogen-bond donors (Lipinski definition) is 1. The molecular formula is C12H19N3O2. The molecule has 2 atom stereocenters. The fourth-order valence-electron chi connectivity index (χ4n) is 2.43. The van der Waals surface area contributed by atoms with E-state index in [4.69, 9.17) is 0 Å². The standard InChI is InChI=1S/C12H19N3O2/c1-7-5-9(7)6-14(3)11-10(12(16)17)8(2)13-15(11)4/h7,9H,5-6H2,1-4H3,(H,16,17). The van der Waals surface area contributed by atoms with Crippen LogP contribution in [0, 0.1) is 18.8 Å². The largest absolute Gasteiger partial charge is 0.477 e. The molecule has 5 nitrogen and oxygen atoms in total. The van der Waals surface area contributed by atoms with Crippen LogP contribution >= 0.6 is 0 Å². The fraction of sp³-hybridized carbons (Fsp3) is 0.667. The van der Waals surface area contributed by atoms with Gasteiger partial charge in [0.1, 0.15) is 11.4 Å². The summed E-state index contributed by atoms with van der Waals surface area (Å²) in [7, 11) is 3.73. The molecule has 1 aliphatic rings. The second-order valence-electron chi connectivity index (χ2n) is 5.07. The topological polar surface area (TPSA) is 58.4 Å². The van der Waals surface area contributed by atoms with Crippen LogP contribution < -0.4 is 4.90 Å². The smallest absolute Gasteiger partial charge is 0.341 e. The van der Waals surface area contributed by atoms with Gasteiger partial charge in [0.05, 0.1) is 5.69 Å². The number of aromatic carboxylic acids is 1. The van der Waals surface area contributed by atoms with Gasteiger partial charge in [0.25, 0.3) is 0 Å². The molecular weight excluding hydrogens is 218 g/mol. The van der Waals surface area contributed by atoms with E-state index in [2.05, 4.69) is 12.0 Å². The zero-order valence-electron chi connectivity index (χ0n) is 10.8. The first-order valence-corrected chi connectivity index (χ1v) is 5.89. The van der Waals surface area contributed by atoms with Gasteiger partial charge in [-0.1, -0.05) is 6.92 Å². The van der Waals surface area contributed by atoms with Crippen molar-refractivity contribution in [3.8, 4) is 0 Å². The number of nitrogens with zero attached hydrogens (tertiary/aromatic N) is 3. The first-order valence-electron chi connectivity index (χ1n) is 5.89. The summed E-state index contributed by atoms with van der Waals surface area (Å²) in [6.45, 7) is 4.87. The molecule has 1 aromatic heterocycles. The predicted molar refractivity (Wildman–Crippen MR) is 65.4 cm³/mol. The molecule has 0 spiro atoms. The molecule has 0 radical (unpaired) electrons. The van der Waals surface area contributed by atoms with Crippen LogP contribution in [0.5, 0.6) is 0 Å². The molecule has 1 aromatic rings. The number of carboxylic acids is 1. The number of anilines is 1. The first-order chi connectivity index (χ1) is 7.91. The summed E-state index contributed by atoms with van der Waals surface area (Å²) in [6, 6.07) is 0. The van der Waals surface area contributed by atoms with Crippen molar-refractivity contribution in [1.82, 2.24) is 9.78 Å². The van der Waals surface area contributed by atoms with E-state index in [-0.39, 0.29) is 0 Å². The number of rotatable bonds is 4. The van der Waals surface area contributed by atoms with E-state index in [0.29, 0.717) is 23.0 Å². The molecule has 1 aliphatic carbocycles. The van der Waals surface area contributed by atoms with Gasteiger partial charge in [0.2, 0.25) is 0 Å².